The molecule has 144 valence electrons. The number of hydrogen-bond acceptors (Lipinski definition) is 5. The number of hydrogen-bond donors (Lipinski definition) is 3. The molecule has 2 atom stereocenters. The number of hydrazine groups is 1. The minimum absolute atomic E-state index is 0.131. The topological polar surface area (TPSA) is 66.0 Å². The largest absolute Gasteiger partial charge is 0.302 e. The predicted octanol–water partition coefficient (Wildman–Crippen LogP) is 3.42. The van der Waals surface area contributed by atoms with Gasteiger partial charge in [0.15, 0.2) is 5.13 Å². The van der Waals surface area contributed by atoms with E-state index in [0.29, 0.717) is 23.7 Å². The van der Waals surface area contributed by atoms with Crippen molar-refractivity contribution >= 4 is 22.4 Å². The quantitative estimate of drug-likeness (QED) is 0.614. The first-order valence-corrected chi connectivity index (χ1v) is 9.64. The van der Waals surface area contributed by atoms with Crippen LogP contribution in [0.5, 0.6) is 0 Å². The van der Waals surface area contributed by atoms with Crippen LogP contribution in [0.4, 0.5) is 13.9 Å². The number of nitrogens with zero attached hydrogens (tertiary/aromatic N) is 1. The molecular weight excluding hydrogens is 382 g/mol. The lowest BCUT2D eigenvalue weighted by molar-refractivity contribution is -0.119. The van der Waals surface area contributed by atoms with E-state index in [1.807, 2.05) is 30.3 Å². The van der Waals surface area contributed by atoms with Crippen molar-refractivity contribution in [2.24, 2.45) is 5.92 Å². The maximum atomic E-state index is 13.8. The van der Waals surface area contributed by atoms with Gasteiger partial charge in [0, 0.05) is 30.1 Å². The van der Waals surface area contributed by atoms with Crippen LogP contribution in [-0.2, 0) is 11.2 Å². The third kappa shape index (κ3) is 4.09. The lowest BCUT2D eigenvalue weighted by Gasteiger charge is -2.17. The van der Waals surface area contributed by atoms with E-state index in [1.54, 1.807) is 6.20 Å². The van der Waals surface area contributed by atoms with Gasteiger partial charge in [0.25, 0.3) is 0 Å². The van der Waals surface area contributed by atoms with E-state index in [0.717, 1.165) is 16.5 Å². The molecule has 1 aromatic heterocycles. The molecule has 0 aliphatic carbocycles. The smallest absolute Gasteiger partial charge is 0.232 e. The van der Waals surface area contributed by atoms with E-state index >= 15 is 0 Å². The Hall–Kier alpha value is -2.68. The standard InChI is InChI=1S/C20H18F2N4OS/c21-14-7-6-13(17(22)9-14)8-15-10-23-20(28-15)25-19(27)16-11-24-26-18(16)12-4-2-1-3-5-12/h1-7,9-10,16,18,24,26H,8,11H2,(H,23,25,27). The fourth-order valence-electron chi connectivity index (χ4n) is 3.22. The van der Waals surface area contributed by atoms with Gasteiger partial charge in [-0.3, -0.25) is 10.2 Å². The lowest BCUT2D eigenvalue weighted by atomic mass is 9.94. The Morgan fingerprint density at radius 2 is 2.04 bits per heavy atom. The summed E-state index contributed by atoms with van der Waals surface area (Å²) >= 11 is 1.28. The molecule has 4 rings (SSSR count). The second-order valence-electron chi connectivity index (χ2n) is 6.55. The molecule has 1 aliphatic rings. The number of carbonyl (C=O) groups is 1. The van der Waals surface area contributed by atoms with E-state index in [2.05, 4.69) is 21.2 Å². The average Bonchev–Trinajstić information content (AvgIpc) is 3.34. The predicted molar refractivity (Wildman–Crippen MR) is 104 cm³/mol. The summed E-state index contributed by atoms with van der Waals surface area (Å²) < 4.78 is 26.9. The highest BCUT2D eigenvalue weighted by molar-refractivity contribution is 7.15. The zero-order chi connectivity index (χ0) is 19.5. The summed E-state index contributed by atoms with van der Waals surface area (Å²) in [5.41, 5.74) is 7.59. The molecular formula is C20H18F2N4OS. The van der Waals surface area contributed by atoms with Crippen molar-refractivity contribution in [3.8, 4) is 0 Å². The Bertz CT molecular complexity index is 979. The number of rotatable bonds is 5. The molecule has 0 radical (unpaired) electrons. The highest BCUT2D eigenvalue weighted by Gasteiger charge is 2.34. The van der Waals surface area contributed by atoms with Gasteiger partial charge in [-0.25, -0.2) is 19.2 Å². The number of benzene rings is 2. The molecule has 0 bridgehead atoms. The summed E-state index contributed by atoms with van der Waals surface area (Å²) in [6, 6.07) is 13.1. The van der Waals surface area contributed by atoms with Crippen LogP contribution in [0.2, 0.25) is 0 Å². The summed E-state index contributed by atoms with van der Waals surface area (Å²) in [7, 11) is 0. The minimum atomic E-state index is -0.606. The maximum absolute atomic E-state index is 13.8. The fourth-order valence-corrected chi connectivity index (χ4v) is 4.05. The Morgan fingerprint density at radius 1 is 1.21 bits per heavy atom. The molecule has 2 unspecified atom stereocenters. The van der Waals surface area contributed by atoms with Crippen molar-refractivity contribution in [1.29, 1.82) is 0 Å². The molecule has 1 amide bonds. The maximum Gasteiger partial charge on any atom is 0.232 e. The van der Waals surface area contributed by atoms with E-state index in [9.17, 15) is 13.6 Å². The number of amides is 1. The molecule has 0 spiro atoms. The van der Waals surface area contributed by atoms with Crippen molar-refractivity contribution in [3.63, 3.8) is 0 Å². The molecule has 8 heteroatoms. The summed E-state index contributed by atoms with van der Waals surface area (Å²) in [5.74, 6) is -1.62. The van der Waals surface area contributed by atoms with Crippen LogP contribution in [-0.4, -0.2) is 17.4 Å². The number of carbonyl (C=O) groups excluding carboxylic acids is 1. The van der Waals surface area contributed by atoms with Crippen LogP contribution >= 0.6 is 11.3 Å². The molecule has 5 nitrogen and oxygen atoms in total. The molecule has 3 N–H and O–H groups in total. The third-order valence-corrected chi connectivity index (χ3v) is 5.55. The number of halogens is 2. The van der Waals surface area contributed by atoms with Crippen molar-refractivity contribution in [2.75, 3.05) is 11.9 Å². The Labute approximate surface area is 164 Å². The molecule has 0 saturated carbocycles. The van der Waals surface area contributed by atoms with Crippen molar-refractivity contribution in [2.45, 2.75) is 12.5 Å². The minimum Gasteiger partial charge on any atom is -0.302 e. The average molecular weight is 400 g/mol. The Kier molecular flexibility index (Phi) is 5.43. The first kappa shape index (κ1) is 18.7. The molecule has 2 heterocycles. The van der Waals surface area contributed by atoms with Crippen LogP contribution < -0.4 is 16.2 Å². The summed E-state index contributed by atoms with van der Waals surface area (Å²) in [6.45, 7) is 0.504. The SMILES string of the molecule is O=C(Nc1ncc(Cc2ccc(F)cc2F)s1)C1CNNC1c1ccccc1. The molecule has 1 aliphatic heterocycles. The number of anilines is 1. The highest BCUT2D eigenvalue weighted by Crippen LogP contribution is 2.28. The highest BCUT2D eigenvalue weighted by atomic mass is 32.1. The first-order chi connectivity index (χ1) is 13.6. The van der Waals surface area contributed by atoms with Gasteiger partial charge >= 0.3 is 0 Å². The molecule has 3 aromatic rings. The van der Waals surface area contributed by atoms with Gasteiger partial charge in [-0.1, -0.05) is 36.4 Å². The summed E-state index contributed by atoms with van der Waals surface area (Å²) in [5, 5.41) is 3.31. The van der Waals surface area contributed by atoms with E-state index < -0.39 is 11.6 Å². The zero-order valence-corrected chi connectivity index (χ0v) is 15.6. The molecule has 1 fully saturated rings. The van der Waals surface area contributed by atoms with Gasteiger partial charge in [-0.15, -0.1) is 11.3 Å². The van der Waals surface area contributed by atoms with Gasteiger partial charge in [-0.05, 0) is 17.2 Å². The second-order valence-corrected chi connectivity index (χ2v) is 7.67. The van der Waals surface area contributed by atoms with Gasteiger partial charge in [-0.2, -0.15) is 0 Å². The van der Waals surface area contributed by atoms with Gasteiger partial charge in [0.05, 0.1) is 12.0 Å². The number of nitrogens with one attached hydrogen (secondary N) is 3. The lowest BCUT2D eigenvalue weighted by Crippen LogP contribution is -2.29. The van der Waals surface area contributed by atoms with Crippen molar-refractivity contribution in [1.82, 2.24) is 15.8 Å². The second kappa shape index (κ2) is 8.14. The van der Waals surface area contributed by atoms with Crippen LogP contribution in [0.15, 0.2) is 54.7 Å². The van der Waals surface area contributed by atoms with E-state index in [-0.39, 0.29) is 17.9 Å². The van der Waals surface area contributed by atoms with Gasteiger partial charge in [0.1, 0.15) is 11.6 Å². The molecule has 28 heavy (non-hydrogen) atoms. The van der Waals surface area contributed by atoms with E-state index in [1.165, 1.54) is 23.5 Å². The number of aromatic nitrogens is 1. The molecule has 1 saturated heterocycles. The van der Waals surface area contributed by atoms with Gasteiger partial charge < -0.3 is 5.32 Å². The van der Waals surface area contributed by atoms with Crippen LogP contribution in [0.25, 0.3) is 0 Å². The van der Waals surface area contributed by atoms with Crippen LogP contribution in [0.1, 0.15) is 22.0 Å². The van der Waals surface area contributed by atoms with Crippen LogP contribution in [0.3, 0.4) is 0 Å². The molecule has 2 aromatic carbocycles. The third-order valence-electron chi connectivity index (χ3n) is 4.64. The number of thiazole rings is 1. The first-order valence-electron chi connectivity index (χ1n) is 8.83. The normalized spacial score (nSPS) is 18.9. The van der Waals surface area contributed by atoms with E-state index in [4.69, 9.17) is 0 Å². The monoisotopic (exact) mass is 400 g/mol. The fraction of sp³-hybridized carbons (Fsp3) is 0.200. The Balaban J connectivity index is 1.42. The Morgan fingerprint density at radius 3 is 2.82 bits per heavy atom. The van der Waals surface area contributed by atoms with Crippen molar-refractivity contribution in [3.05, 3.63) is 82.4 Å². The summed E-state index contributed by atoms with van der Waals surface area (Å²) in [4.78, 5) is 17.7. The van der Waals surface area contributed by atoms with Crippen molar-refractivity contribution < 1.29 is 13.6 Å². The van der Waals surface area contributed by atoms with Crippen LogP contribution in [0, 0.1) is 17.6 Å². The zero-order valence-electron chi connectivity index (χ0n) is 14.8. The summed E-state index contributed by atoms with van der Waals surface area (Å²) in [6.07, 6.45) is 1.89. The van der Waals surface area contributed by atoms with Gasteiger partial charge in [0.2, 0.25) is 5.91 Å².